The molecule has 0 aliphatic carbocycles. The van der Waals surface area contributed by atoms with E-state index in [2.05, 4.69) is 0 Å². The highest BCUT2D eigenvalue weighted by atomic mass is 35.5. The van der Waals surface area contributed by atoms with Crippen LogP contribution in [0.15, 0.2) is 6.07 Å². The number of rotatable bonds is 3. The zero-order chi connectivity index (χ0) is 12.4. The van der Waals surface area contributed by atoms with E-state index >= 15 is 0 Å². The van der Waals surface area contributed by atoms with Gasteiger partial charge in [0.1, 0.15) is 13.2 Å². The first kappa shape index (κ1) is 12.2. The lowest BCUT2D eigenvalue weighted by Gasteiger charge is -2.23. The number of benzene rings is 1. The summed E-state index contributed by atoms with van der Waals surface area (Å²) in [4.78, 5) is 10.9. The summed E-state index contributed by atoms with van der Waals surface area (Å²) in [6.07, 6.45) is 1.30. The number of ether oxygens (including phenoxy) is 2. The van der Waals surface area contributed by atoms with Crippen molar-refractivity contribution in [3.63, 3.8) is 0 Å². The Balaban J connectivity index is 2.55. The van der Waals surface area contributed by atoms with Gasteiger partial charge in [-0.3, -0.25) is 4.79 Å². The molecule has 1 unspecified atom stereocenters. The van der Waals surface area contributed by atoms with Gasteiger partial charge >= 0.3 is 0 Å². The van der Waals surface area contributed by atoms with Gasteiger partial charge in [-0.2, -0.15) is 0 Å². The van der Waals surface area contributed by atoms with E-state index in [1.165, 1.54) is 0 Å². The summed E-state index contributed by atoms with van der Waals surface area (Å²) in [5.74, 6) is 1.04. The van der Waals surface area contributed by atoms with E-state index in [9.17, 15) is 4.79 Å². The van der Waals surface area contributed by atoms with Crippen LogP contribution in [-0.4, -0.2) is 25.5 Å². The summed E-state index contributed by atoms with van der Waals surface area (Å²) in [6.45, 7) is 2.78. The van der Waals surface area contributed by atoms with Crippen LogP contribution in [-0.2, 0) is 6.42 Å². The summed E-state index contributed by atoms with van der Waals surface area (Å²) in [7, 11) is 0. The second-order valence-corrected chi connectivity index (χ2v) is 4.49. The van der Waals surface area contributed by atoms with E-state index in [1.807, 2.05) is 6.92 Å². The molecule has 92 valence electrons. The molecule has 0 saturated carbocycles. The van der Waals surface area contributed by atoms with Crippen molar-refractivity contribution in [3.8, 4) is 11.5 Å². The van der Waals surface area contributed by atoms with E-state index in [4.69, 9.17) is 26.8 Å². The maximum atomic E-state index is 10.9. The van der Waals surface area contributed by atoms with Crippen LogP contribution in [0.2, 0.25) is 5.02 Å². The van der Waals surface area contributed by atoms with Crippen molar-refractivity contribution in [2.75, 3.05) is 13.2 Å². The molecule has 1 aliphatic rings. The Labute approximate surface area is 105 Å². The molecule has 1 heterocycles. The first-order chi connectivity index (χ1) is 8.13. The van der Waals surface area contributed by atoms with Crippen LogP contribution in [0.25, 0.3) is 0 Å². The summed E-state index contributed by atoms with van der Waals surface area (Å²) in [6, 6.07) is 1.56. The molecule has 0 saturated heterocycles. The molecule has 1 aromatic carbocycles. The Hall–Kier alpha value is -1.26. The number of aldehydes is 1. The molecule has 4 nitrogen and oxygen atoms in total. The average Bonchev–Trinajstić information content (AvgIpc) is 2.32. The molecule has 1 aromatic rings. The van der Waals surface area contributed by atoms with Gasteiger partial charge in [0.15, 0.2) is 17.8 Å². The van der Waals surface area contributed by atoms with Crippen molar-refractivity contribution in [1.29, 1.82) is 0 Å². The second kappa shape index (κ2) is 4.94. The van der Waals surface area contributed by atoms with Crippen LogP contribution in [0.5, 0.6) is 11.5 Å². The Bertz CT molecular complexity index is 446. The zero-order valence-corrected chi connectivity index (χ0v) is 10.3. The highest BCUT2D eigenvalue weighted by molar-refractivity contribution is 6.32. The van der Waals surface area contributed by atoms with Crippen LogP contribution >= 0.6 is 11.6 Å². The molecule has 1 atom stereocenters. The number of halogens is 1. The third-order valence-electron chi connectivity index (χ3n) is 2.54. The molecule has 0 spiro atoms. The topological polar surface area (TPSA) is 61.6 Å². The van der Waals surface area contributed by atoms with Crippen LogP contribution in [0.4, 0.5) is 0 Å². The summed E-state index contributed by atoms with van der Waals surface area (Å²) in [5.41, 5.74) is 6.99. The van der Waals surface area contributed by atoms with Gasteiger partial charge in [-0.15, -0.1) is 0 Å². The van der Waals surface area contributed by atoms with Crippen molar-refractivity contribution < 1.29 is 14.3 Å². The minimum absolute atomic E-state index is 0.0378. The van der Waals surface area contributed by atoms with E-state index in [0.717, 1.165) is 11.8 Å². The van der Waals surface area contributed by atoms with Gasteiger partial charge in [-0.1, -0.05) is 11.6 Å². The minimum Gasteiger partial charge on any atom is -0.486 e. The number of hydrogen-bond acceptors (Lipinski definition) is 4. The lowest BCUT2D eigenvalue weighted by atomic mass is 10.0. The standard InChI is InChI=1S/C12H14ClNO3/c1-7(14)4-9-10(13)5-8(6-15)11-12(9)17-3-2-16-11/h5-7H,2-4,14H2,1H3. The molecule has 2 N–H and O–H groups in total. The molecule has 1 aliphatic heterocycles. The van der Waals surface area contributed by atoms with Crippen molar-refractivity contribution in [2.45, 2.75) is 19.4 Å². The minimum atomic E-state index is -0.0378. The van der Waals surface area contributed by atoms with Crippen LogP contribution in [0.3, 0.4) is 0 Å². The fourth-order valence-corrected chi connectivity index (χ4v) is 2.14. The number of fused-ring (bicyclic) bond motifs is 1. The average molecular weight is 256 g/mol. The van der Waals surface area contributed by atoms with Crippen molar-refractivity contribution in [3.05, 3.63) is 22.2 Å². The quantitative estimate of drug-likeness (QED) is 0.837. The largest absolute Gasteiger partial charge is 0.486 e. The molecule has 5 heteroatoms. The predicted molar refractivity (Wildman–Crippen MR) is 65.2 cm³/mol. The van der Waals surface area contributed by atoms with Crippen LogP contribution in [0, 0.1) is 0 Å². The Kier molecular flexibility index (Phi) is 3.54. The van der Waals surface area contributed by atoms with Gasteiger partial charge in [0.25, 0.3) is 0 Å². The second-order valence-electron chi connectivity index (χ2n) is 4.08. The van der Waals surface area contributed by atoms with Crippen molar-refractivity contribution in [1.82, 2.24) is 0 Å². The van der Waals surface area contributed by atoms with E-state index in [1.54, 1.807) is 6.07 Å². The van der Waals surface area contributed by atoms with E-state index in [0.29, 0.717) is 41.7 Å². The zero-order valence-electron chi connectivity index (χ0n) is 9.53. The number of nitrogens with two attached hydrogens (primary N) is 1. The summed E-state index contributed by atoms with van der Waals surface area (Å²) in [5, 5.41) is 0.494. The molecule has 17 heavy (non-hydrogen) atoms. The third kappa shape index (κ3) is 2.37. The number of carbonyl (C=O) groups excluding carboxylic acids is 1. The van der Waals surface area contributed by atoms with Crippen LogP contribution < -0.4 is 15.2 Å². The van der Waals surface area contributed by atoms with Gasteiger partial charge in [0.05, 0.1) is 5.56 Å². The third-order valence-corrected chi connectivity index (χ3v) is 2.88. The molecular weight excluding hydrogens is 242 g/mol. The number of hydrogen-bond donors (Lipinski definition) is 1. The monoisotopic (exact) mass is 255 g/mol. The molecular formula is C12H14ClNO3. The lowest BCUT2D eigenvalue weighted by molar-refractivity contribution is 0.111. The maximum Gasteiger partial charge on any atom is 0.172 e. The molecule has 2 rings (SSSR count). The molecule has 0 amide bonds. The summed E-state index contributed by atoms with van der Waals surface area (Å²) < 4.78 is 11.0. The Morgan fingerprint density at radius 1 is 1.47 bits per heavy atom. The van der Waals surface area contributed by atoms with Gasteiger partial charge < -0.3 is 15.2 Å². The van der Waals surface area contributed by atoms with Crippen LogP contribution in [0.1, 0.15) is 22.8 Å². The maximum absolute atomic E-state index is 10.9. The molecule has 0 aromatic heterocycles. The normalized spacial score (nSPS) is 15.5. The first-order valence-corrected chi connectivity index (χ1v) is 5.83. The lowest BCUT2D eigenvalue weighted by Crippen LogP contribution is -2.22. The molecule has 0 bridgehead atoms. The number of carbonyl (C=O) groups is 1. The Morgan fingerprint density at radius 3 is 2.71 bits per heavy atom. The molecule has 0 fully saturated rings. The highest BCUT2D eigenvalue weighted by Gasteiger charge is 2.23. The van der Waals surface area contributed by atoms with Gasteiger partial charge in [0, 0.05) is 16.6 Å². The molecule has 0 radical (unpaired) electrons. The highest BCUT2D eigenvalue weighted by Crippen LogP contribution is 2.41. The SMILES string of the molecule is CC(N)Cc1c(Cl)cc(C=O)c2c1OCCO2. The van der Waals surface area contributed by atoms with E-state index < -0.39 is 0 Å². The predicted octanol–water partition coefficient (Wildman–Crippen LogP) is 1.81. The van der Waals surface area contributed by atoms with Gasteiger partial charge in [-0.25, -0.2) is 0 Å². The van der Waals surface area contributed by atoms with Crippen molar-refractivity contribution >= 4 is 17.9 Å². The Morgan fingerprint density at radius 2 is 2.12 bits per heavy atom. The van der Waals surface area contributed by atoms with Crippen molar-refractivity contribution in [2.24, 2.45) is 5.73 Å². The fourth-order valence-electron chi connectivity index (χ4n) is 1.85. The first-order valence-electron chi connectivity index (χ1n) is 5.45. The van der Waals surface area contributed by atoms with Gasteiger partial charge in [-0.05, 0) is 19.4 Å². The van der Waals surface area contributed by atoms with Gasteiger partial charge in [0.2, 0.25) is 0 Å². The fraction of sp³-hybridized carbons (Fsp3) is 0.417. The van der Waals surface area contributed by atoms with E-state index in [-0.39, 0.29) is 6.04 Å². The summed E-state index contributed by atoms with van der Waals surface area (Å²) >= 11 is 6.14. The smallest absolute Gasteiger partial charge is 0.172 e.